The first-order valence-corrected chi connectivity index (χ1v) is 8.67. The van der Waals surface area contributed by atoms with E-state index in [2.05, 4.69) is 15.4 Å². The minimum absolute atomic E-state index is 0.0120. The number of nitrogens with one attached hydrogen (secondary N) is 1. The van der Waals surface area contributed by atoms with Crippen LogP contribution < -0.4 is 5.32 Å². The number of aliphatic hydroxyl groups excluding tert-OH is 1. The molecule has 0 bridgehead atoms. The van der Waals surface area contributed by atoms with E-state index in [4.69, 9.17) is 0 Å². The van der Waals surface area contributed by atoms with Gasteiger partial charge in [0.15, 0.2) is 5.82 Å². The highest BCUT2D eigenvalue weighted by Crippen LogP contribution is 2.27. The third-order valence-electron chi connectivity index (χ3n) is 4.68. The Morgan fingerprint density at radius 3 is 2.83 bits per heavy atom. The van der Waals surface area contributed by atoms with Crippen molar-refractivity contribution in [1.29, 1.82) is 0 Å². The number of hydrogen-bond acceptors (Lipinski definition) is 4. The van der Waals surface area contributed by atoms with Crippen molar-refractivity contribution in [3.05, 3.63) is 42.4 Å². The molecule has 2 heterocycles. The molecule has 0 radical (unpaired) electrons. The van der Waals surface area contributed by atoms with Crippen molar-refractivity contribution >= 4 is 5.91 Å². The molecule has 1 saturated carbocycles. The molecule has 0 saturated heterocycles. The van der Waals surface area contributed by atoms with E-state index in [-0.39, 0.29) is 18.6 Å². The normalized spacial score (nSPS) is 16.7. The highest BCUT2D eigenvalue weighted by Gasteiger charge is 2.25. The number of aromatic nitrogens is 3. The third kappa shape index (κ3) is 4.00. The number of aliphatic hydroxyl groups is 1. The molecule has 2 aromatic rings. The summed E-state index contributed by atoms with van der Waals surface area (Å²) in [5, 5.41) is 16.6. The summed E-state index contributed by atoms with van der Waals surface area (Å²) >= 11 is 0. The van der Waals surface area contributed by atoms with E-state index >= 15 is 0 Å². The quantitative estimate of drug-likeness (QED) is 0.853. The van der Waals surface area contributed by atoms with Gasteiger partial charge in [-0.25, -0.2) is 9.67 Å². The van der Waals surface area contributed by atoms with E-state index in [1.54, 1.807) is 29.2 Å². The van der Waals surface area contributed by atoms with E-state index in [0.29, 0.717) is 23.9 Å². The fourth-order valence-electron chi connectivity index (χ4n) is 3.43. The van der Waals surface area contributed by atoms with E-state index in [1.807, 2.05) is 12.1 Å². The van der Waals surface area contributed by atoms with Gasteiger partial charge in [-0.1, -0.05) is 25.3 Å². The lowest BCUT2D eigenvalue weighted by Crippen LogP contribution is -2.42. The summed E-state index contributed by atoms with van der Waals surface area (Å²) in [6.07, 6.45) is 9.97. The van der Waals surface area contributed by atoms with Crippen molar-refractivity contribution in [2.45, 2.75) is 44.6 Å². The van der Waals surface area contributed by atoms with Crippen LogP contribution in [0.25, 0.3) is 5.82 Å². The molecule has 0 aliphatic heterocycles. The SMILES string of the molecule is O=C(NC(CCO)C1CCCCC1)c1cccc(-n2cccn2)n1. The Morgan fingerprint density at radius 2 is 2.12 bits per heavy atom. The number of carbonyl (C=O) groups excluding carboxylic acids is 1. The van der Waals surface area contributed by atoms with Crippen molar-refractivity contribution in [2.24, 2.45) is 5.92 Å². The number of carbonyl (C=O) groups is 1. The second kappa shape index (κ2) is 8.06. The Balaban J connectivity index is 1.71. The Labute approximate surface area is 141 Å². The van der Waals surface area contributed by atoms with Gasteiger partial charge in [0.25, 0.3) is 5.91 Å². The highest BCUT2D eigenvalue weighted by molar-refractivity contribution is 5.92. The van der Waals surface area contributed by atoms with E-state index in [0.717, 1.165) is 12.8 Å². The van der Waals surface area contributed by atoms with E-state index < -0.39 is 0 Å². The molecule has 3 rings (SSSR count). The summed E-state index contributed by atoms with van der Waals surface area (Å²) in [6.45, 7) is 0.0855. The maximum Gasteiger partial charge on any atom is 0.270 e. The molecule has 1 unspecified atom stereocenters. The van der Waals surface area contributed by atoms with Crippen molar-refractivity contribution in [2.75, 3.05) is 6.61 Å². The summed E-state index contributed by atoms with van der Waals surface area (Å²) < 4.78 is 1.63. The highest BCUT2D eigenvalue weighted by atomic mass is 16.3. The lowest BCUT2D eigenvalue weighted by Gasteiger charge is -2.30. The average Bonchev–Trinajstić information content (AvgIpc) is 3.17. The van der Waals surface area contributed by atoms with Crippen LogP contribution in [0.15, 0.2) is 36.7 Å². The lowest BCUT2D eigenvalue weighted by molar-refractivity contribution is 0.0894. The van der Waals surface area contributed by atoms with E-state index in [1.165, 1.54) is 19.3 Å². The first-order valence-electron chi connectivity index (χ1n) is 8.67. The summed E-state index contributed by atoms with van der Waals surface area (Å²) in [4.78, 5) is 17.0. The van der Waals surface area contributed by atoms with Gasteiger partial charge in [0.2, 0.25) is 0 Å². The molecule has 1 aliphatic carbocycles. The van der Waals surface area contributed by atoms with Crippen LogP contribution in [0, 0.1) is 5.92 Å². The number of pyridine rings is 1. The fourth-order valence-corrected chi connectivity index (χ4v) is 3.43. The summed E-state index contributed by atoms with van der Waals surface area (Å²) in [5.41, 5.74) is 0.377. The van der Waals surface area contributed by atoms with Gasteiger partial charge in [-0.15, -0.1) is 0 Å². The van der Waals surface area contributed by atoms with E-state index in [9.17, 15) is 9.90 Å². The van der Waals surface area contributed by atoms with Gasteiger partial charge in [0, 0.05) is 25.0 Å². The van der Waals surface area contributed by atoms with Gasteiger partial charge < -0.3 is 10.4 Å². The molecular weight excluding hydrogens is 304 g/mol. The molecule has 1 atom stereocenters. The fraction of sp³-hybridized carbons (Fsp3) is 0.500. The predicted octanol–water partition coefficient (Wildman–Crippen LogP) is 2.33. The van der Waals surface area contributed by atoms with Crippen LogP contribution >= 0.6 is 0 Å². The van der Waals surface area contributed by atoms with Gasteiger partial charge in [-0.3, -0.25) is 4.79 Å². The minimum Gasteiger partial charge on any atom is -0.396 e. The summed E-state index contributed by atoms with van der Waals surface area (Å²) in [6, 6.07) is 7.16. The van der Waals surface area contributed by atoms with Crippen LogP contribution in [0.1, 0.15) is 49.0 Å². The molecule has 0 spiro atoms. The number of hydrogen-bond donors (Lipinski definition) is 2. The van der Waals surface area contributed by atoms with Crippen molar-refractivity contribution < 1.29 is 9.90 Å². The van der Waals surface area contributed by atoms with Gasteiger partial charge in [-0.05, 0) is 43.4 Å². The maximum atomic E-state index is 12.6. The maximum absolute atomic E-state index is 12.6. The molecule has 0 aromatic carbocycles. The predicted molar refractivity (Wildman–Crippen MR) is 90.9 cm³/mol. The Morgan fingerprint density at radius 1 is 1.29 bits per heavy atom. The molecule has 6 heteroatoms. The summed E-state index contributed by atoms with van der Waals surface area (Å²) in [7, 11) is 0. The second-order valence-electron chi connectivity index (χ2n) is 6.32. The van der Waals surface area contributed by atoms with Gasteiger partial charge in [-0.2, -0.15) is 5.10 Å². The van der Waals surface area contributed by atoms with Crippen LogP contribution in [-0.2, 0) is 0 Å². The minimum atomic E-state index is -0.187. The molecule has 6 nitrogen and oxygen atoms in total. The first-order chi connectivity index (χ1) is 11.8. The largest absolute Gasteiger partial charge is 0.396 e. The van der Waals surface area contributed by atoms with Crippen molar-refractivity contribution in [3.8, 4) is 5.82 Å². The zero-order chi connectivity index (χ0) is 16.8. The van der Waals surface area contributed by atoms with Crippen LogP contribution in [-0.4, -0.2) is 38.4 Å². The molecule has 1 aliphatic rings. The van der Waals surface area contributed by atoms with Gasteiger partial charge in [0.05, 0.1) is 0 Å². The standard InChI is InChI=1S/C18H24N4O2/c23-13-10-15(14-6-2-1-3-7-14)21-18(24)16-8-4-9-17(20-16)22-12-5-11-19-22/h4-5,8-9,11-12,14-15,23H,1-3,6-7,10,13H2,(H,21,24). The van der Waals surface area contributed by atoms with Crippen molar-refractivity contribution in [3.63, 3.8) is 0 Å². The topological polar surface area (TPSA) is 80.0 Å². The second-order valence-corrected chi connectivity index (χ2v) is 6.32. The Kier molecular flexibility index (Phi) is 5.59. The number of amides is 1. The summed E-state index contributed by atoms with van der Waals surface area (Å²) in [5.74, 6) is 0.876. The number of rotatable bonds is 6. The zero-order valence-electron chi connectivity index (χ0n) is 13.8. The van der Waals surface area contributed by atoms with Gasteiger partial charge >= 0.3 is 0 Å². The van der Waals surface area contributed by atoms with Crippen molar-refractivity contribution in [1.82, 2.24) is 20.1 Å². The molecule has 128 valence electrons. The van der Waals surface area contributed by atoms with Crippen LogP contribution in [0.2, 0.25) is 0 Å². The molecule has 1 amide bonds. The Hall–Kier alpha value is -2.21. The van der Waals surface area contributed by atoms with Gasteiger partial charge in [0.1, 0.15) is 5.69 Å². The Bertz CT molecular complexity index is 651. The van der Waals surface area contributed by atoms with Crippen LogP contribution in [0.4, 0.5) is 0 Å². The van der Waals surface area contributed by atoms with Crippen LogP contribution in [0.3, 0.4) is 0 Å². The zero-order valence-corrected chi connectivity index (χ0v) is 13.8. The molecule has 2 N–H and O–H groups in total. The van der Waals surface area contributed by atoms with Crippen LogP contribution in [0.5, 0.6) is 0 Å². The first kappa shape index (κ1) is 16.6. The lowest BCUT2D eigenvalue weighted by atomic mass is 9.82. The monoisotopic (exact) mass is 328 g/mol. The third-order valence-corrected chi connectivity index (χ3v) is 4.68. The molecule has 1 fully saturated rings. The number of nitrogens with zero attached hydrogens (tertiary/aromatic N) is 3. The smallest absolute Gasteiger partial charge is 0.270 e. The average molecular weight is 328 g/mol. The molecule has 24 heavy (non-hydrogen) atoms. The molecule has 2 aromatic heterocycles. The molecular formula is C18H24N4O2.